The van der Waals surface area contributed by atoms with E-state index >= 15 is 0 Å². The molecule has 1 aliphatic rings. The largest absolute Gasteiger partial charge is 0.384 e. The zero-order valence-corrected chi connectivity index (χ0v) is 12.0. The highest BCUT2D eigenvalue weighted by Gasteiger charge is 2.20. The zero-order valence-electron chi connectivity index (χ0n) is 11.1. The molecule has 3 rings (SSSR count). The smallest absolute Gasteiger partial charge is 0.0552 e. The van der Waals surface area contributed by atoms with E-state index in [1.54, 1.807) is 4.88 Å². The van der Waals surface area contributed by atoms with E-state index in [9.17, 15) is 0 Å². The van der Waals surface area contributed by atoms with Crippen molar-refractivity contribution in [2.24, 2.45) is 0 Å². The Morgan fingerprint density at radius 2 is 2.26 bits per heavy atom. The molecule has 1 atom stereocenters. The summed E-state index contributed by atoms with van der Waals surface area (Å²) in [4.78, 5) is 5.83. The van der Waals surface area contributed by atoms with E-state index in [2.05, 4.69) is 40.1 Å². The fraction of sp³-hybridized carbons (Fsp3) is 0.400. The summed E-state index contributed by atoms with van der Waals surface area (Å²) < 4.78 is 0. The van der Waals surface area contributed by atoms with Crippen LogP contribution in [0.5, 0.6) is 0 Å². The van der Waals surface area contributed by atoms with Crippen molar-refractivity contribution in [2.75, 3.05) is 17.2 Å². The quantitative estimate of drug-likeness (QED) is 0.882. The van der Waals surface area contributed by atoms with Crippen LogP contribution in [0.15, 0.2) is 29.9 Å². The third kappa shape index (κ3) is 2.73. The van der Waals surface area contributed by atoms with Crippen LogP contribution in [-0.4, -0.2) is 11.5 Å². The Morgan fingerprint density at radius 3 is 3.16 bits per heavy atom. The molecule has 2 aromatic rings. The summed E-state index contributed by atoms with van der Waals surface area (Å²) in [6.07, 6.45) is 7.48. The fourth-order valence-electron chi connectivity index (χ4n) is 2.66. The minimum Gasteiger partial charge on any atom is -0.384 e. The lowest BCUT2D eigenvalue weighted by Crippen LogP contribution is -2.15. The predicted molar refractivity (Wildman–Crippen MR) is 82.0 cm³/mol. The van der Waals surface area contributed by atoms with Gasteiger partial charge in [0.25, 0.3) is 0 Å². The van der Waals surface area contributed by atoms with Crippen LogP contribution in [0.1, 0.15) is 36.2 Å². The number of nitrogens with one attached hydrogen (secondary N) is 2. The molecule has 1 aliphatic carbocycles. The second kappa shape index (κ2) is 5.61. The molecule has 2 aromatic heterocycles. The van der Waals surface area contributed by atoms with Gasteiger partial charge in [0, 0.05) is 11.4 Å². The van der Waals surface area contributed by atoms with Crippen molar-refractivity contribution in [1.82, 2.24) is 4.98 Å². The number of anilines is 2. The Labute approximate surface area is 118 Å². The Bertz CT molecular complexity index is 550. The van der Waals surface area contributed by atoms with Crippen LogP contribution >= 0.6 is 11.3 Å². The van der Waals surface area contributed by atoms with Gasteiger partial charge in [-0.2, -0.15) is 0 Å². The number of thiophene rings is 1. The van der Waals surface area contributed by atoms with Gasteiger partial charge in [-0.1, -0.05) is 0 Å². The molecule has 100 valence electrons. The van der Waals surface area contributed by atoms with Gasteiger partial charge < -0.3 is 10.6 Å². The van der Waals surface area contributed by atoms with E-state index < -0.39 is 0 Å². The number of nitrogens with zero attached hydrogens (tertiary/aromatic N) is 1. The van der Waals surface area contributed by atoms with Crippen molar-refractivity contribution in [1.29, 1.82) is 0 Å². The van der Waals surface area contributed by atoms with E-state index in [1.807, 2.05) is 23.7 Å². The Balaban J connectivity index is 1.77. The van der Waals surface area contributed by atoms with Crippen LogP contribution in [0.25, 0.3) is 0 Å². The van der Waals surface area contributed by atoms with Gasteiger partial charge in [-0.15, -0.1) is 11.3 Å². The molecule has 0 saturated carbocycles. The average Bonchev–Trinajstić information content (AvgIpc) is 2.89. The number of pyridine rings is 1. The highest BCUT2D eigenvalue weighted by molar-refractivity contribution is 7.10. The Hall–Kier alpha value is -1.55. The Kier molecular flexibility index (Phi) is 3.69. The van der Waals surface area contributed by atoms with E-state index in [0.717, 1.165) is 17.9 Å². The zero-order chi connectivity index (χ0) is 13.1. The third-order valence-corrected chi connectivity index (χ3v) is 4.51. The summed E-state index contributed by atoms with van der Waals surface area (Å²) in [6.45, 7) is 3.02. The van der Waals surface area contributed by atoms with Gasteiger partial charge in [0.1, 0.15) is 0 Å². The first kappa shape index (κ1) is 12.5. The number of hydrogen-bond acceptors (Lipinski definition) is 4. The molecule has 0 spiro atoms. The molecule has 3 nitrogen and oxygen atoms in total. The van der Waals surface area contributed by atoms with Gasteiger partial charge in [-0.05, 0) is 49.3 Å². The second-order valence-electron chi connectivity index (χ2n) is 4.88. The molecule has 0 bridgehead atoms. The molecule has 0 aromatic carbocycles. The highest BCUT2D eigenvalue weighted by atomic mass is 32.1. The topological polar surface area (TPSA) is 37.0 Å². The second-order valence-corrected chi connectivity index (χ2v) is 5.88. The monoisotopic (exact) mass is 273 g/mol. The summed E-state index contributed by atoms with van der Waals surface area (Å²) in [5.41, 5.74) is 3.65. The number of fused-ring (bicyclic) bond motifs is 1. The minimum absolute atomic E-state index is 0.439. The number of aromatic nitrogens is 1. The molecule has 0 saturated heterocycles. The van der Waals surface area contributed by atoms with Crippen LogP contribution in [0.4, 0.5) is 11.4 Å². The standard InChI is InChI=1S/C15H19N3S/c1-2-17-11-8-12(10-16-9-11)18-14-4-3-5-15-13(14)6-7-19-15/h6-10,14,17-18H,2-5H2,1H3. The van der Waals surface area contributed by atoms with Crippen molar-refractivity contribution in [3.05, 3.63) is 40.3 Å². The van der Waals surface area contributed by atoms with E-state index in [0.29, 0.717) is 6.04 Å². The maximum absolute atomic E-state index is 4.29. The average molecular weight is 273 g/mol. The molecule has 2 heterocycles. The van der Waals surface area contributed by atoms with Gasteiger partial charge in [0.15, 0.2) is 0 Å². The van der Waals surface area contributed by atoms with Crippen LogP contribution in [0, 0.1) is 0 Å². The summed E-state index contributed by atoms with van der Waals surface area (Å²) in [6, 6.07) is 4.84. The highest BCUT2D eigenvalue weighted by Crippen LogP contribution is 2.35. The Morgan fingerprint density at radius 1 is 1.37 bits per heavy atom. The lowest BCUT2D eigenvalue weighted by molar-refractivity contribution is 0.608. The maximum Gasteiger partial charge on any atom is 0.0552 e. The van der Waals surface area contributed by atoms with Crippen molar-refractivity contribution < 1.29 is 0 Å². The summed E-state index contributed by atoms with van der Waals surface area (Å²) >= 11 is 1.88. The molecular weight excluding hydrogens is 254 g/mol. The van der Waals surface area contributed by atoms with Crippen LogP contribution in [0.2, 0.25) is 0 Å². The molecule has 0 fully saturated rings. The van der Waals surface area contributed by atoms with Gasteiger partial charge >= 0.3 is 0 Å². The van der Waals surface area contributed by atoms with Crippen LogP contribution < -0.4 is 10.6 Å². The van der Waals surface area contributed by atoms with E-state index in [-0.39, 0.29) is 0 Å². The lowest BCUT2D eigenvalue weighted by atomic mass is 9.94. The van der Waals surface area contributed by atoms with Crippen LogP contribution in [-0.2, 0) is 6.42 Å². The SMILES string of the molecule is CCNc1cncc(NC2CCCc3sccc32)c1. The van der Waals surface area contributed by atoms with Crippen LogP contribution in [0.3, 0.4) is 0 Å². The molecule has 0 radical (unpaired) electrons. The first-order valence-corrected chi connectivity index (χ1v) is 7.76. The van der Waals surface area contributed by atoms with Crippen molar-refractivity contribution >= 4 is 22.7 Å². The third-order valence-electron chi connectivity index (χ3n) is 3.51. The number of rotatable bonds is 4. The van der Waals surface area contributed by atoms with Gasteiger partial charge in [0.2, 0.25) is 0 Å². The van der Waals surface area contributed by atoms with Crippen molar-refractivity contribution in [3.63, 3.8) is 0 Å². The molecule has 19 heavy (non-hydrogen) atoms. The fourth-order valence-corrected chi connectivity index (χ4v) is 3.64. The summed E-state index contributed by atoms with van der Waals surface area (Å²) in [5, 5.41) is 9.13. The first-order chi connectivity index (χ1) is 9.36. The van der Waals surface area contributed by atoms with Gasteiger partial charge in [0.05, 0.1) is 29.8 Å². The molecular formula is C15H19N3S. The predicted octanol–water partition coefficient (Wildman–Crippen LogP) is 4.06. The van der Waals surface area contributed by atoms with Crippen molar-refractivity contribution in [3.8, 4) is 0 Å². The number of hydrogen-bond donors (Lipinski definition) is 2. The van der Waals surface area contributed by atoms with Gasteiger partial charge in [-0.25, -0.2) is 0 Å². The molecule has 0 aliphatic heterocycles. The molecule has 0 amide bonds. The van der Waals surface area contributed by atoms with Gasteiger partial charge in [-0.3, -0.25) is 4.98 Å². The molecule has 2 N–H and O–H groups in total. The molecule has 4 heteroatoms. The minimum atomic E-state index is 0.439. The summed E-state index contributed by atoms with van der Waals surface area (Å²) in [7, 11) is 0. The number of aryl methyl sites for hydroxylation is 1. The molecule has 1 unspecified atom stereocenters. The lowest BCUT2D eigenvalue weighted by Gasteiger charge is -2.24. The summed E-state index contributed by atoms with van der Waals surface area (Å²) in [5.74, 6) is 0. The van der Waals surface area contributed by atoms with E-state index in [1.165, 1.54) is 24.8 Å². The normalized spacial score (nSPS) is 17.8. The van der Waals surface area contributed by atoms with Crippen molar-refractivity contribution in [2.45, 2.75) is 32.2 Å². The first-order valence-electron chi connectivity index (χ1n) is 6.88. The van der Waals surface area contributed by atoms with E-state index in [4.69, 9.17) is 0 Å². The maximum atomic E-state index is 4.29.